The van der Waals surface area contributed by atoms with E-state index in [2.05, 4.69) is 24.1 Å². The number of fused-ring (bicyclic) bond motifs is 1. The van der Waals surface area contributed by atoms with E-state index in [4.69, 9.17) is 9.47 Å². The molecule has 5 heteroatoms. The van der Waals surface area contributed by atoms with E-state index in [-0.39, 0.29) is 12.4 Å². The summed E-state index contributed by atoms with van der Waals surface area (Å²) in [4.78, 5) is 2.38. The SMILES string of the molecule is COc1cc2c(cc1OC)C(Cc1ccc(O)cc1)N(C)CC2.Cl. The third kappa shape index (κ3) is 3.60. The van der Waals surface area contributed by atoms with Crippen molar-refractivity contribution >= 4 is 12.4 Å². The van der Waals surface area contributed by atoms with Crippen molar-refractivity contribution in [3.8, 4) is 17.2 Å². The highest BCUT2D eigenvalue weighted by Crippen LogP contribution is 2.38. The van der Waals surface area contributed by atoms with Crippen molar-refractivity contribution in [2.45, 2.75) is 18.9 Å². The highest BCUT2D eigenvalue weighted by atomic mass is 35.5. The van der Waals surface area contributed by atoms with Gasteiger partial charge in [-0.2, -0.15) is 0 Å². The van der Waals surface area contributed by atoms with Gasteiger partial charge >= 0.3 is 0 Å². The average molecular weight is 350 g/mol. The molecule has 130 valence electrons. The van der Waals surface area contributed by atoms with Crippen LogP contribution in [-0.2, 0) is 12.8 Å². The van der Waals surface area contributed by atoms with Gasteiger partial charge in [0, 0.05) is 12.6 Å². The van der Waals surface area contributed by atoms with Crippen LogP contribution in [0.2, 0.25) is 0 Å². The molecule has 0 saturated heterocycles. The molecule has 2 aromatic rings. The summed E-state index contributed by atoms with van der Waals surface area (Å²) in [6.07, 6.45) is 1.91. The molecule has 24 heavy (non-hydrogen) atoms. The first-order chi connectivity index (χ1) is 11.1. The van der Waals surface area contributed by atoms with Gasteiger partial charge in [0.1, 0.15) is 5.75 Å². The minimum Gasteiger partial charge on any atom is -0.508 e. The zero-order valence-corrected chi connectivity index (χ0v) is 15.1. The van der Waals surface area contributed by atoms with Gasteiger partial charge in [0.05, 0.1) is 14.2 Å². The van der Waals surface area contributed by atoms with Crippen LogP contribution in [0.5, 0.6) is 17.2 Å². The molecule has 1 N–H and O–H groups in total. The number of hydrogen-bond acceptors (Lipinski definition) is 4. The molecule has 0 radical (unpaired) electrons. The maximum atomic E-state index is 9.46. The highest BCUT2D eigenvalue weighted by Gasteiger charge is 2.27. The Hall–Kier alpha value is -1.91. The summed E-state index contributed by atoms with van der Waals surface area (Å²) >= 11 is 0. The average Bonchev–Trinajstić information content (AvgIpc) is 2.58. The highest BCUT2D eigenvalue weighted by molar-refractivity contribution is 5.85. The number of rotatable bonds is 4. The second-order valence-electron chi connectivity index (χ2n) is 6.02. The van der Waals surface area contributed by atoms with Crippen LogP contribution in [0.25, 0.3) is 0 Å². The van der Waals surface area contributed by atoms with E-state index in [9.17, 15) is 5.11 Å². The smallest absolute Gasteiger partial charge is 0.161 e. The fourth-order valence-electron chi connectivity index (χ4n) is 3.27. The summed E-state index contributed by atoms with van der Waals surface area (Å²) < 4.78 is 10.9. The molecular weight excluding hydrogens is 326 g/mol. The molecule has 1 atom stereocenters. The van der Waals surface area contributed by atoms with Crippen LogP contribution in [0.1, 0.15) is 22.7 Å². The van der Waals surface area contributed by atoms with Crippen LogP contribution in [0.3, 0.4) is 0 Å². The molecule has 0 amide bonds. The Morgan fingerprint density at radius 1 is 1.08 bits per heavy atom. The summed E-state index contributed by atoms with van der Waals surface area (Å²) in [7, 11) is 5.50. The first kappa shape index (κ1) is 18.4. The summed E-state index contributed by atoms with van der Waals surface area (Å²) in [6, 6.07) is 12.0. The lowest BCUT2D eigenvalue weighted by Crippen LogP contribution is -2.33. The second kappa shape index (κ2) is 7.77. The number of methoxy groups -OCH3 is 2. The van der Waals surface area contributed by atoms with E-state index in [1.54, 1.807) is 26.4 Å². The predicted molar refractivity (Wildman–Crippen MR) is 97.7 cm³/mol. The first-order valence-electron chi connectivity index (χ1n) is 7.85. The zero-order chi connectivity index (χ0) is 16.4. The van der Waals surface area contributed by atoms with Crippen molar-refractivity contribution in [3.05, 3.63) is 53.1 Å². The normalized spacial score (nSPS) is 16.9. The van der Waals surface area contributed by atoms with Crippen molar-refractivity contribution in [1.29, 1.82) is 0 Å². The van der Waals surface area contributed by atoms with Gasteiger partial charge in [-0.1, -0.05) is 12.1 Å². The van der Waals surface area contributed by atoms with Crippen molar-refractivity contribution in [3.63, 3.8) is 0 Å². The van der Waals surface area contributed by atoms with Crippen LogP contribution < -0.4 is 9.47 Å². The molecule has 0 bridgehead atoms. The van der Waals surface area contributed by atoms with Crippen LogP contribution in [0.15, 0.2) is 36.4 Å². The maximum absolute atomic E-state index is 9.46. The minimum atomic E-state index is 0. The van der Waals surface area contributed by atoms with Crippen LogP contribution in [0.4, 0.5) is 0 Å². The Kier molecular flexibility index (Phi) is 5.97. The zero-order valence-electron chi connectivity index (χ0n) is 14.3. The van der Waals surface area contributed by atoms with E-state index >= 15 is 0 Å². The molecule has 4 nitrogen and oxygen atoms in total. The lowest BCUT2D eigenvalue weighted by atomic mass is 9.88. The molecule has 0 aromatic heterocycles. The number of phenolic OH excluding ortho intramolecular Hbond substituents is 1. The van der Waals surface area contributed by atoms with Gasteiger partial charge in [0.15, 0.2) is 11.5 Å². The number of aromatic hydroxyl groups is 1. The monoisotopic (exact) mass is 349 g/mol. The molecule has 1 heterocycles. The van der Waals surface area contributed by atoms with Gasteiger partial charge in [0.25, 0.3) is 0 Å². The first-order valence-corrected chi connectivity index (χ1v) is 7.85. The van der Waals surface area contributed by atoms with Gasteiger partial charge in [-0.05, 0) is 60.8 Å². The Morgan fingerprint density at radius 3 is 2.33 bits per heavy atom. The lowest BCUT2D eigenvalue weighted by Gasteiger charge is -2.35. The summed E-state index contributed by atoms with van der Waals surface area (Å²) in [5.41, 5.74) is 3.83. The largest absolute Gasteiger partial charge is 0.508 e. The molecule has 3 rings (SSSR count). The molecule has 1 unspecified atom stereocenters. The van der Waals surface area contributed by atoms with Crippen molar-refractivity contribution in [2.75, 3.05) is 27.8 Å². The molecule has 2 aromatic carbocycles. The fraction of sp³-hybridized carbons (Fsp3) is 0.368. The lowest BCUT2D eigenvalue weighted by molar-refractivity contribution is 0.228. The minimum absolute atomic E-state index is 0. The number of halogens is 1. The van der Waals surface area contributed by atoms with E-state index in [1.165, 1.54) is 16.7 Å². The Labute approximate surface area is 149 Å². The fourth-order valence-corrected chi connectivity index (χ4v) is 3.27. The van der Waals surface area contributed by atoms with E-state index in [1.807, 2.05) is 12.1 Å². The van der Waals surface area contributed by atoms with Gasteiger partial charge < -0.3 is 14.6 Å². The van der Waals surface area contributed by atoms with E-state index in [0.717, 1.165) is 30.9 Å². The van der Waals surface area contributed by atoms with Gasteiger partial charge in [-0.15, -0.1) is 12.4 Å². The van der Waals surface area contributed by atoms with Crippen molar-refractivity contribution < 1.29 is 14.6 Å². The third-order valence-electron chi connectivity index (χ3n) is 4.64. The Bertz CT molecular complexity index is 688. The van der Waals surface area contributed by atoms with Gasteiger partial charge in [0.2, 0.25) is 0 Å². The van der Waals surface area contributed by atoms with E-state index in [0.29, 0.717) is 11.8 Å². The Balaban J connectivity index is 0.00000208. The molecule has 0 fully saturated rings. The Morgan fingerprint density at radius 2 is 1.71 bits per heavy atom. The molecule has 1 aliphatic heterocycles. The second-order valence-corrected chi connectivity index (χ2v) is 6.02. The topological polar surface area (TPSA) is 41.9 Å². The summed E-state index contributed by atoms with van der Waals surface area (Å²) in [5.74, 6) is 1.87. The molecule has 1 aliphatic rings. The standard InChI is InChI=1S/C19H23NO3.ClH/c1-20-9-8-14-11-18(22-2)19(23-3)12-16(14)17(20)10-13-4-6-15(21)7-5-13;/h4-7,11-12,17,21H,8-10H2,1-3H3;1H. The number of nitrogens with zero attached hydrogens (tertiary/aromatic N) is 1. The molecular formula is C19H24ClNO3. The number of benzene rings is 2. The number of likely N-dealkylation sites (N-methyl/N-ethyl adjacent to an activating group) is 1. The van der Waals surface area contributed by atoms with Crippen LogP contribution in [0, 0.1) is 0 Å². The number of hydrogen-bond donors (Lipinski definition) is 1. The van der Waals surface area contributed by atoms with Crippen LogP contribution in [-0.4, -0.2) is 37.8 Å². The molecule has 0 saturated carbocycles. The predicted octanol–water partition coefficient (Wildman–Crippen LogP) is 3.60. The molecule has 0 aliphatic carbocycles. The van der Waals surface area contributed by atoms with Gasteiger partial charge in [-0.25, -0.2) is 0 Å². The molecule has 0 spiro atoms. The summed E-state index contributed by atoms with van der Waals surface area (Å²) in [5, 5.41) is 9.46. The maximum Gasteiger partial charge on any atom is 0.161 e. The van der Waals surface area contributed by atoms with Crippen LogP contribution >= 0.6 is 12.4 Å². The number of phenols is 1. The van der Waals surface area contributed by atoms with Crippen molar-refractivity contribution in [2.24, 2.45) is 0 Å². The summed E-state index contributed by atoms with van der Waals surface area (Å²) in [6.45, 7) is 1.02. The third-order valence-corrected chi connectivity index (χ3v) is 4.64. The van der Waals surface area contributed by atoms with Crippen molar-refractivity contribution in [1.82, 2.24) is 4.90 Å². The quantitative estimate of drug-likeness (QED) is 0.915. The van der Waals surface area contributed by atoms with Gasteiger partial charge in [-0.3, -0.25) is 4.90 Å². The number of ether oxygens (including phenoxy) is 2. The van der Waals surface area contributed by atoms with E-state index < -0.39 is 0 Å².